The summed E-state index contributed by atoms with van der Waals surface area (Å²) in [5, 5.41) is 0. The minimum absolute atomic E-state index is 0.331. The molecule has 188 valence electrons. The minimum Gasteiger partial charge on any atom is -0.447 e. The summed E-state index contributed by atoms with van der Waals surface area (Å²) in [6.07, 6.45) is 7.54. The second kappa shape index (κ2) is 11.1. The van der Waals surface area contributed by atoms with Gasteiger partial charge >= 0.3 is 11.9 Å². The summed E-state index contributed by atoms with van der Waals surface area (Å²) in [5.74, 6) is -2.35. The summed E-state index contributed by atoms with van der Waals surface area (Å²) in [4.78, 5) is 40.6. The second-order valence-electron chi connectivity index (χ2n) is 9.78. The minimum atomic E-state index is -1.48. The van der Waals surface area contributed by atoms with Gasteiger partial charge in [0.05, 0.1) is 0 Å². The maximum atomic E-state index is 15.0. The zero-order valence-corrected chi connectivity index (χ0v) is 20.7. The first kappa shape index (κ1) is 25.6. The van der Waals surface area contributed by atoms with Crippen LogP contribution in [0.4, 0.5) is 0 Å². The highest BCUT2D eigenvalue weighted by Gasteiger charge is 2.62. The fourth-order valence-electron chi connectivity index (χ4n) is 6.21. The van der Waals surface area contributed by atoms with Crippen molar-refractivity contribution < 1.29 is 23.9 Å². The van der Waals surface area contributed by atoms with Crippen LogP contribution in [0.1, 0.15) is 74.3 Å². The molecule has 0 aromatic heterocycles. The van der Waals surface area contributed by atoms with Crippen LogP contribution in [0, 0.1) is 0 Å². The molecule has 2 aromatic carbocycles. The molecule has 0 spiro atoms. The molecular formula is C31H34O5. The first-order valence-electron chi connectivity index (χ1n) is 12.8. The van der Waals surface area contributed by atoms with Gasteiger partial charge in [-0.05, 0) is 49.7 Å². The molecule has 36 heavy (non-hydrogen) atoms. The lowest BCUT2D eigenvalue weighted by atomic mass is 9.60. The van der Waals surface area contributed by atoms with Crippen molar-refractivity contribution in [2.75, 3.05) is 0 Å². The highest BCUT2D eigenvalue weighted by atomic mass is 16.6. The average Bonchev–Trinajstić information content (AvgIpc) is 2.93. The number of carbonyl (C=O) groups excluding carboxylic acids is 3. The third-order valence-electron chi connectivity index (χ3n) is 7.78. The van der Waals surface area contributed by atoms with Gasteiger partial charge in [-0.1, -0.05) is 86.7 Å². The molecule has 0 radical (unpaired) electrons. The van der Waals surface area contributed by atoms with Gasteiger partial charge in [-0.2, -0.15) is 0 Å². The van der Waals surface area contributed by atoms with Crippen LogP contribution in [0.25, 0.3) is 0 Å². The van der Waals surface area contributed by atoms with Gasteiger partial charge in [0.15, 0.2) is 11.2 Å². The van der Waals surface area contributed by atoms with Crippen molar-refractivity contribution in [3.63, 3.8) is 0 Å². The summed E-state index contributed by atoms with van der Waals surface area (Å²) >= 11 is 0. The van der Waals surface area contributed by atoms with Crippen LogP contribution in [-0.2, 0) is 23.9 Å². The van der Waals surface area contributed by atoms with E-state index in [4.69, 9.17) is 9.47 Å². The number of benzene rings is 2. The maximum Gasteiger partial charge on any atom is 0.331 e. The van der Waals surface area contributed by atoms with Gasteiger partial charge in [-0.15, -0.1) is 0 Å². The number of carbonyl (C=O) groups is 3. The molecule has 0 saturated heterocycles. The molecule has 0 amide bonds. The Bertz CT molecular complexity index is 1020. The van der Waals surface area contributed by atoms with Gasteiger partial charge in [-0.25, -0.2) is 9.59 Å². The largest absolute Gasteiger partial charge is 0.447 e. The van der Waals surface area contributed by atoms with Gasteiger partial charge in [-0.3, -0.25) is 4.79 Å². The van der Waals surface area contributed by atoms with Gasteiger partial charge in [0.1, 0.15) is 0 Å². The van der Waals surface area contributed by atoms with E-state index >= 15 is 4.79 Å². The van der Waals surface area contributed by atoms with E-state index in [1.54, 1.807) is 0 Å². The van der Waals surface area contributed by atoms with Crippen molar-refractivity contribution in [2.45, 2.75) is 74.4 Å². The van der Waals surface area contributed by atoms with Crippen molar-refractivity contribution in [3.05, 3.63) is 97.1 Å². The van der Waals surface area contributed by atoms with E-state index in [1.165, 1.54) is 0 Å². The van der Waals surface area contributed by atoms with Gasteiger partial charge < -0.3 is 9.47 Å². The zero-order valence-electron chi connectivity index (χ0n) is 20.7. The summed E-state index contributed by atoms with van der Waals surface area (Å²) in [5.41, 5.74) is -1.09. The molecule has 4 unspecified atom stereocenters. The fourth-order valence-corrected chi connectivity index (χ4v) is 6.21. The van der Waals surface area contributed by atoms with Crippen LogP contribution >= 0.6 is 0 Å². The van der Waals surface area contributed by atoms with E-state index in [-0.39, 0.29) is 17.6 Å². The number of rotatable bonds is 8. The van der Waals surface area contributed by atoms with Crippen LogP contribution in [0.15, 0.2) is 86.0 Å². The van der Waals surface area contributed by atoms with Crippen LogP contribution < -0.4 is 0 Å². The second-order valence-corrected chi connectivity index (χ2v) is 9.78. The molecule has 0 N–H and O–H groups in total. The fraction of sp³-hybridized carbons (Fsp3) is 0.387. The smallest absolute Gasteiger partial charge is 0.331 e. The quantitative estimate of drug-likeness (QED) is 0.328. The Labute approximate surface area is 213 Å². The van der Waals surface area contributed by atoms with Crippen molar-refractivity contribution in [2.24, 2.45) is 0 Å². The first-order chi connectivity index (χ1) is 17.5. The maximum absolute atomic E-state index is 15.0. The zero-order chi connectivity index (χ0) is 25.6. The number of ketones is 1. The van der Waals surface area contributed by atoms with E-state index in [2.05, 4.69) is 13.2 Å². The lowest BCUT2D eigenvalue weighted by Gasteiger charge is -2.50. The van der Waals surface area contributed by atoms with Crippen LogP contribution in [0.5, 0.6) is 0 Å². The van der Waals surface area contributed by atoms with E-state index in [0.29, 0.717) is 25.7 Å². The molecule has 0 heterocycles. The summed E-state index contributed by atoms with van der Waals surface area (Å²) in [6, 6.07) is 19.4. The Morgan fingerprint density at radius 2 is 1.06 bits per heavy atom. The molecule has 2 aliphatic rings. The molecule has 0 aliphatic heterocycles. The highest BCUT2D eigenvalue weighted by molar-refractivity contribution is 6.01. The molecule has 5 heteroatoms. The topological polar surface area (TPSA) is 69.7 Å². The normalized spacial score (nSPS) is 27.9. The number of hydrogen-bond donors (Lipinski definition) is 0. The molecule has 2 saturated carbocycles. The summed E-state index contributed by atoms with van der Waals surface area (Å²) in [6.45, 7) is 7.17. The molecule has 2 fully saturated rings. The number of hydrogen-bond acceptors (Lipinski definition) is 5. The third-order valence-corrected chi connectivity index (χ3v) is 7.78. The van der Waals surface area contributed by atoms with E-state index in [1.807, 2.05) is 60.7 Å². The Balaban J connectivity index is 1.91. The number of ether oxygens (including phenoxy) is 2. The highest BCUT2D eigenvalue weighted by Crippen LogP contribution is 2.52. The van der Waals surface area contributed by atoms with Crippen LogP contribution in [0.2, 0.25) is 0 Å². The van der Waals surface area contributed by atoms with E-state index in [9.17, 15) is 9.59 Å². The van der Waals surface area contributed by atoms with Crippen LogP contribution in [-0.4, -0.2) is 28.9 Å². The predicted molar refractivity (Wildman–Crippen MR) is 138 cm³/mol. The Kier molecular flexibility index (Phi) is 7.88. The predicted octanol–water partition coefficient (Wildman–Crippen LogP) is 6.21. The molecule has 4 atom stereocenters. The molecule has 5 nitrogen and oxygen atoms in total. The van der Waals surface area contributed by atoms with Crippen molar-refractivity contribution in [1.82, 2.24) is 0 Å². The summed E-state index contributed by atoms with van der Waals surface area (Å²) in [7, 11) is 0. The van der Waals surface area contributed by atoms with Gasteiger partial charge in [0.25, 0.3) is 0 Å². The Morgan fingerprint density at radius 1 is 0.667 bits per heavy atom. The molecule has 4 rings (SSSR count). The molecular weight excluding hydrogens is 452 g/mol. The lowest BCUT2D eigenvalue weighted by Crippen LogP contribution is -2.63. The SMILES string of the molecule is C=CC(=O)OC1(C(=O)C2(OC(=O)C=C)CCCCC2c2ccccc2)CCCCC1c1ccccc1. The van der Waals surface area contributed by atoms with Gasteiger partial charge in [0, 0.05) is 24.0 Å². The van der Waals surface area contributed by atoms with E-state index < -0.39 is 23.1 Å². The monoisotopic (exact) mass is 486 g/mol. The molecule has 2 aliphatic carbocycles. The van der Waals surface area contributed by atoms with Crippen molar-refractivity contribution in [1.29, 1.82) is 0 Å². The van der Waals surface area contributed by atoms with Crippen molar-refractivity contribution in [3.8, 4) is 0 Å². The summed E-state index contributed by atoms with van der Waals surface area (Å²) < 4.78 is 12.2. The van der Waals surface area contributed by atoms with E-state index in [0.717, 1.165) is 49.0 Å². The lowest BCUT2D eigenvalue weighted by molar-refractivity contribution is -0.192. The Morgan fingerprint density at radius 3 is 1.42 bits per heavy atom. The van der Waals surface area contributed by atoms with Crippen LogP contribution in [0.3, 0.4) is 0 Å². The third kappa shape index (κ3) is 4.79. The average molecular weight is 487 g/mol. The Hall–Kier alpha value is -3.47. The number of Topliss-reactive ketones (excluding diaryl/α,β-unsaturated/α-hetero) is 1. The molecule has 0 bridgehead atoms. The molecule has 2 aromatic rings. The standard InChI is InChI=1S/C31H34O5/c1-3-27(32)35-30(21-13-11-19-25(30)23-15-7-5-8-16-23)29(34)31(36-28(33)4-2)22-14-12-20-26(31)24-17-9-6-10-18-24/h3-10,15-18,25-26H,1-2,11-14,19-22H2. The first-order valence-corrected chi connectivity index (χ1v) is 12.8. The van der Waals surface area contributed by atoms with Gasteiger partial charge in [0.2, 0.25) is 5.78 Å². The number of esters is 2. The van der Waals surface area contributed by atoms with Crippen molar-refractivity contribution >= 4 is 17.7 Å².